The molecule has 0 fully saturated rings. The molecule has 0 saturated heterocycles. The minimum absolute atomic E-state index is 0.411. The van der Waals surface area contributed by atoms with Gasteiger partial charge in [0.05, 0.1) is 12.8 Å². The number of anilines is 1. The van der Waals surface area contributed by atoms with Crippen LogP contribution in [0.25, 0.3) is 0 Å². The van der Waals surface area contributed by atoms with E-state index in [2.05, 4.69) is 10.6 Å². The number of ether oxygens (including phenoxy) is 2. The molecular weight excluding hydrogens is 308 g/mol. The van der Waals surface area contributed by atoms with Crippen LogP contribution >= 0.6 is 11.6 Å². The number of hydrogen-bond donors (Lipinski definition) is 2. The highest BCUT2D eigenvalue weighted by molar-refractivity contribution is 6.31. The Morgan fingerprint density at radius 1 is 1.27 bits per heavy atom. The molecule has 0 radical (unpaired) electrons. The van der Waals surface area contributed by atoms with E-state index in [9.17, 15) is 9.59 Å². The second-order valence-electron chi connectivity index (χ2n) is 5.70. The summed E-state index contributed by atoms with van der Waals surface area (Å²) in [5.74, 6) is 0.0636. The van der Waals surface area contributed by atoms with Gasteiger partial charge in [0.2, 0.25) is 5.91 Å². The Kier molecular flexibility index (Phi) is 6.05. The molecule has 0 heterocycles. The van der Waals surface area contributed by atoms with Crippen LogP contribution in [-0.2, 0) is 9.53 Å². The van der Waals surface area contributed by atoms with Gasteiger partial charge in [-0.3, -0.25) is 4.79 Å². The van der Waals surface area contributed by atoms with E-state index in [1.54, 1.807) is 45.9 Å². The highest BCUT2D eigenvalue weighted by Crippen LogP contribution is 2.27. The van der Waals surface area contributed by atoms with Crippen LogP contribution in [-0.4, -0.2) is 30.8 Å². The van der Waals surface area contributed by atoms with E-state index in [0.717, 1.165) is 0 Å². The molecule has 6 nitrogen and oxygen atoms in total. The van der Waals surface area contributed by atoms with E-state index >= 15 is 0 Å². The van der Waals surface area contributed by atoms with Gasteiger partial charge in [-0.25, -0.2) is 4.79 Å². The third-order valence-corrected chi connectivity index (χ3v) is 2.78. The molecule has 2 N–H and O–H groups in total. The summed E-state index contributed by atoms with van der Waals surface area (Å²) in [7, 11) is 1.49. The molecule has 1 rings (SSSR count). The molecule has 0 unspecified atom stereocenters. The lowest BCUT2D eigenvalue weighted by Gasteiger charge is -2.22. The maximum Gasteiger partial charge on any atom is 0.408 e. The summed E-state index contributed by atoms with van der Waals surface area (Å²) in [4.78, 5) is 23.8. The van der Waals surface area contributed by atoms with E-state index < -0.39 is 23.6 Å². The Hall–Kier alpha value is -1.95. The third kappa shape index (κ3) is 5.81. The minimum Gasteiger partial charge on any atom is -0.495 e. The molecule has 0 aliphatic heterocycles. The minimum atomic E-state index is -0.779. The average molecular weight is 329 g/mol. The fourth-order valence-corrected chi connectivity index (χ4v) is 1.74. The number of hydrogen-bond acceptors (Lipinski definition) is 4. The zero-order chi connectivity index (χ0) is 16.9. The second-order valence-corrected chi connectivity index (χ2v) is 6.14. The van der Waals surface area contributed by atoms with Crippen molar-refractivity contribution < 1.29 is 19.1 Å². The number of nitrogens with one attached hydrogen (secondary N) is 2. The Bertz CT molecular complexity index is 555. The number of benzene rings is 1. The predicted molar refractivity (Wildman–Crippen MR) is 85.5 cm³/mol. The van der Waals surface area contributed by atoms with Gasteiger partial charge in [0.25, 0.3) is 0 Å². The summed E-state index contributed by atoms with van der Waals surface area (Å²) in [6.45, 7) is 6.78. The lowest BCUT2D eigenvalue weighted by atomic mass is 10.2. The van der Waals surface area contributed by atoms with Crippen LogP contribution in [0.4, 0.5) is 10.5 Å². The molecular formula is C15H21ClN2O4. The van der Waals surface area contributed by atoms with Crippen LogP contribution in [0.3, 0.4) is 0 Å². The van der Waals surface area contributed by atoms with Gasteiger partial charge < -0.3 is 20.1 Å². The van der Waals surface area contributed by atoms with E-state index in [0.29, 0.717) is 16.5 Å². The Balaban J connectivity index is 2.69. The van der Waals surface area contributed by atoms with Crippen LogP contribution in [0.1, 0.15) is 27.7 Å². The topological polar surface area (TPSA) is 76.7 Å². The Labute approximate surface area is 135 Å². The average Bonchev–Trinajstić information content (AvgIpc) is 2.36. The van der Waals surface area contributed by atoms with Crippen molar-refractivity contribution in [2.45, 2.75) is 39.3 Å². The first kappa shape index (κ1) is 18.1. The largest absolute Gasteiger partial charge is 0.495 e. The summed E-state index contributed by atoms with van der Waals surface area (Å²) >= 11 is 5.90. The van der Waals surface area contributed by atoms with E-state index in [4.69, 9.17) is 21.1 Å². The lowest BCUT2D eigenvalue weighted by molar-refractivity contribution is -0.117. The molecule has 0 aliphatic rings. The van der Waals surface area contributed by atoms with Crippen LogP contribution in [0.2, 0.25) is 5.02 Å². The highest BCUT2D eigenvalue weighted by atomic mass is 35.5. The van der Waals surface area contributed by atoms with Crippen molar-refractivity contribution in [3.05, 3.63) is 23.2 Å². The summed E-state index contributed by atoms with van der Waals surface area (Å²) in [5, 5.41) is 5.58. The molecule has 0 saturated carbocycles. The maximum absolute atomic E-state index is 12.1. The summed E-state index contributed by atoms with van der Waals surface area (Å²) in [6, 6.07) is 4.08. The van der Waals surface area contributed by atoms with Crippen molar-refractivity contribution >= 4 is 29.3 Å². The number of rotatable bonds is 4. The van der Waals surface area contributed by atoms with Crippen LogP contribution in [0, 0.1) is 0 Å². The summed E-state index contributed by atoms with van der Waals surface area (Å²) < 4.78 is 10.2. The first-order chi connectivity index (χ1) is 10.1. The molecule has 1 aromatic carbocycles. The molecule has 1 atom stereocenters. The van der Waals surface area contributed by atoms with Gasteiger partial charge >= 0.3 is 6.09 Å². The van der Waals surface area contributed by atoms with Gasteiger partial charge in [0.15, 0.2) is 0 Å². The van der Waals surface area contributed by atoms with Crippen molar-refractivity contribution in [2.75, 3.05) is 12.4 Å². The zero-order valence-electron chi connectivity index (χ0n) is 13.3. The number of halogens is 1. The van der Waals surface area contributed by atoms with Gasteiger partial charge in [-0.1, -0.05) is 11.6 Å². The van der Waals surface area contributed by atoms with E-state index in [1.165, 1.54) is 7.11 Å². The first-order valence-corrected chi connectivity index (χ1v) is 7.14. The molecule has 0 aromatic heterocycles. The van der Waals surface area contributed by atoms with Crippen molar-refractivity contribution in [1.82, 2.24) is 5.32 Å². The third-order valence-electron chi connectivity index (χ3n) is 2.55. The Morgan fingerprint density at radius 2 is 1.91 bits per heavy atom. The SMILES string of the molecule is COc1ccc(Cl)cc1NC(=O)[C@@H](C)NC(=O)OC(C)(C)C. The second kappa shape index (κ2) is 7.35. The quantitative estimate of drug-likeness (QED) is 0.889. The van der Waals surface area contributed by atoms with Crippen LogP contribution < -0.4 is 15.4 Å². The van der Waals surface area contributed by atoms with Gasteiger partial charge in [-0.05, 0) is 45.9 Å². The molecule has 0 bridgehead atoms. The van der Waals surface area contributed by atoms with Crippen molar-refractivity contribution in [3.63, 3.8) is 0 Å². The molecule has 1 aromatic rings. The number of carbonyl (C=O) groups excluding carboxylic acids is 2. The number of methoxy groups -OCH3 is 1. The molecule has 2 amide bonds. The smallest absolute Gasteiger partial charge is 0.408 e. The molecule has 0 spiro atoms. The number of amides is 2. The monoisotopic (exact) mass is 328 g/mol. The number of alkyl carbamates (subject to hydrolysis) is 1. The van der Waals surface area contributed by atoms with Crippen LogP contribution in [0.15, 0.2) is 18.2 Å². The highest BCUT2D eigenvalue weighted by Gasteiger charge is 2.21. The van der Waals surface area contributed by atoms with Crippen LogP contribution in [0.5, 0.6) is 5.75 Å². The molecule has 122 valence electrons. The lowest BCUT2D eigenvalue weighted by Crippen LogP contribution is -2.44. The predicted octanol–water partition coefficient (Wildman–Crippen LogP) is 3.20. The first-order valence-electron chi connectivity index (χ1n) is 6.76. The molecule has 7 heteroatoms. The summed E-state index contributed by atoms with van der Waals surface area (Å²) in [5.41, 5.74) is -0.200. The zero-order valence-corrected chi connectivity index (χ0v) is 14.1. The number of carbonyl (C=O) groups is 2. The van der Waals surface area contributed by atoms with Gasteiger partial charge in [-0.2, -0.15) is 0 Å². The van der Waals surface area contributed by atoms with Gasteiger partial charge in [0.1, 0.15) is 17.4 Å². The van der Waals surface area contributed by atoms with Gasteiger partial charge in [-0.15, -0.1) is 0 Å². The standard InChI is InChI=1S/C15H21ClN2O4/c1-9(17-14(20)22-15(2,3)4)13(19)18-11-8-10(16)6-7-12(11)21-5/h6-9H,1-5H3,(H,17,20)(H,18,19)/t9-/m1/s1. The fraction of sp³-hybridized carbons (Fsp3) is 0.467. The normalized spacial score (nSPS) is 12.3. The van der Waals surface area contributed by atoms with E-state index in [1.807, 2.05) is 0 Å². The fourth-order valence-electron chi connectivity index (χ4n) is 1.57. The molecule has 0 aliphatic carbocycles. The van der Waals surface area contributed by atoms with E-state index in [-0.39, 0.29) is 0 Å². The molecule has 22 heavy (non-hydrogen) atoms. The van der Waals surface area contributed by atoms with Crippen molar-refractivity contribution in [3.8, 4) is 5.75 Å². The summed E-state index contributed by atoms with van der Waals surface area (Å²) in [6.07, 6.45) is -0.659. The maximum atomic E-state index is 12.1. The van der Waals surface area contributed by atoms with Crippen molar-refractivity contribution in [1.29, 1.82) is 0 Å². The Morgan fingerprint density at radius 3 is 2.45 bits per heavy atom. The van der Waals surface area contributed by atoms with Gasteiger partial charge in [0, 0.05) is 5.02 Å². The van der Waals surface area contributed by atoms with Crippen molar-refractivity contribution in [2.24, 2.45) is 0 Å².